The van der Waals surface area contributed by atoms with Crippen LogP contribution in [0, 0.1) is 11.7 Å². The number of nitrogens with zero attached hydrogens (tertiary/aromatic N) is 5. The zero-order valence-corrected chi connectivity index (χ0v) is 15.4. The SMILES string of the molecule is Cc1nc2ncnn2c(N2CCCC2)c1Cc1ccc([S@@](C)=N)cc1. The van der Waals surface area contributed by atoms with Gasteiger partial charge in [-0.25, -0.2) is 4.98 Å². The molecule has 1 saturated heterocycles. The van der Waals surface area contributed by atoms with Crippen LogP contribution in [0.3, 0.4) is 0 Å². The lowest BCUT2D eigenvalue weighted by molar-refractivity contribution is 0.825. The van der Waals surface area contributed by atoms with Gasteiger partial charge in [0.15, 0.2) is 0 Å². The van der Waals surface area contributed by atoms with Gasteiger partial charge in [-0.15, -0.1) is 0 Å². The van der Waals surface area contributed by atoms with Crippen LogP contribution >= 0.6 is 0 Å². The van der Waals surface area contributed by atoms with E-state index in [9.17, 15) is 0 Å². The highest BCUT2D eigenvalue weighted by molar-refractivity contribution is 7.85. The fourth-order valence-corrected chi connectivity index (χ4v) is 3.99. The maximum Gasteiger partial charge on any atom is 0.254 e. The van der Waals surface area contributed by atoms with Crippen molar-refractivity contribution >= 4 is 22.3 Å². The van der Waals surface area contributed by atoms with E-state index in [1.54, 1.807) is 6.33 Å². The average molecular weight is 354 g/mol. The third-order valence-corrected chi connectivity index (χ3v) is 5.75. The van der Waals surface area contributed by atoms with Crippen LogP contribution < -0.4 is 4.90 Å². The van der Waals surface area contributed by atoms with Gasteiger partial charge in [-0.1, -0.05) is 22.8 Å². The summed E-state index contributed by atoms with van der Waals surface area (Å²) in [6.07, 6.45) is 6.75. The van der Waals surface area contributed by atoms with E-state index in [0.29, 0.717) is 5.78 Å². The topological polar surface area (TPSA) is 70.2 Å². The largest absolute Gasteiger partial charge is 0.356 e. The minimum absolute atomic E-state index is 0.451. The maximum atomic E-state index is 7.86. The fourth-order valence-electron chi connectivity index (χ4n) is 3.44. The predicted molar refractivity (Wildman–Crippen MR) is 100 cm³/mol. The molecule has 1 atom stereocenters. The Hall–Kier alpha value is -2.28. The highest BCUT2D eigenvalue weighted by Crippen LogP contribution is 2.28. The van der Waals surface area contributed by atoms with Crippen LogP contribution in [0.4, 0.5) is 5.82 Å². The Morgan fingerprint density at radius 2 is 1.88 bits per heavy atom. The standard InChI is InChI=1S/C18H22N6S/c1-13-16(11-14-5-7-15(8-6-14)25(2)19)17(23-9-3-4-10-23)24-18(22-13)20-12-21-24/h5-8,12,19H,3-4,9-11H2,1-2H3/t25-/m1/s1. The van der Waals surface area contributed by atoms with Gasteiger partial charge >= 0.3 is 0 Å². The molecule has 1 aromatic carbocycles. The second kappa shape index (κ2) is 6.55. The first kappa shape index (κ1) is 16.2. The third-order valence-electron chi connectivity index (χ3n) is 4.77. The van der Waals surface area contributed by atoms with Crippen LogP contribution in [0.2, 0.25) is 0 Å². The van der Waals surface area contributed by atoms with E-state index >= 15 is 0 Å². The number of hydrogen-bond acceptors (Lipinski definition) is 5. The van der Waals surface area contributed by atoms with Crippen LogP contribution in [-0.4, -0.2) is 38.9 Å². The Labute approximate surface area is 149 Å². The van der Waals surface area contributed by atoms with Crippen LogP contribution in [0.5, 0.6) is 0 Å². The third kappa shape index (κ3) is 3.04. The Balaban J connectivity index is 1.78. The van der Waals surface area contributed by atoms with Gasteiger partial charge in [-0.3, -0.25) is 4.78 Å². The first-order chi connectivity index (χ1) is 12.1. The highest BCUT2D eigenvalue weighted by Gasteiger charge is 2.22. The van der Waals surface area contributed by atoms with Gasteiger partial charge in [0.05, 0.1) is 0 Å². The molecule has 1 fully saturated rings. The number of aryl methyl sites for hydroxylation is 1. The van der Waals surface area contributed by atoms with E-state index in [-0.39, 0.29) is 0 Å². The Bertz CT molecular complexity index is 925. The summed E-state index contributed by atoms with van der Waals surface area (Å²) in [4.78, 5) is 12.4. The molecular formula is C18H22N6S. The molecule has 2 aromatic heterocycles. The first-order valence-corrected chi connectivity index (χ1v) is 10.2. The van der Waals surface area contributed by atoms with Crippen molar-refractivity contribution in [2.75, 3.05) is 24.2 Å². The number of rotatable bonds is 4. The molecule has 3 heterocycles. The molecule has 1 aliphatic heterocycles. The fraction of sp³-hybridized carbons (Fsp3) is 0.389. The van der Waals surface area contributed by atoms with Crippen LogP contribution in [0.1, 0.15) is 29.7 Å². The molecule has 0 radical (unpaired) electrons. The number of nitrogens with one attached hydrogen (secondary N) is 1. The van der Waals surface area contributed by atoms with Crippen molar-refractivity contribution < 1.29 is 0 Å². The summed E-state index contributed by atoms with van der Waals surface area (Å²) >= 11 is 0. The molecule has 1 aliphatic rings. The summed E-state index contributed by atoms with van der Waals surface area (Å²) in [5.74, 6) is 1.81. The number of aromatic nitrogens is 4. The van der Waals surface area contributed by atoms with Gasteiger partial charge in [0.1, 0.15) is 12.1 Å². The zero-order chi connectivity index (χ0) is 17.4. The van der Waals surface area contributed by atoms with Crippen molar-refractivity contribution in [3.05, 3.63) is 47.4 Å². The smallest absolute Gasteiger partial charge is 0.254 e. The number of hydrogen-bond donors (Lipinski definition) is 1. The summed E-state index contributed by atoms with van der Waals surface area (Å²) in [6.45, 7) is 4.18. The second-order valence-corrected chi connectivity index (χ2v) is 7.99. The number of benzene rings is 1. The van der Waals surface area contributed by atoms with Crippen molar-refractivity contribution in [2.24, 2.45) is 0 Å². The van der Waals surface area contributed by atoms with E-state index in [0.717, 1.165) is 35.9 Å². The van der Waals surface area contributed by atoms with Gasteiger partial charge in [0.2, 0.25) is 0 Å². The Kier molecular flexibility index (Phi) is 4.25. The normalized spacial score (nSPS) is 15.8. The average Bonchev–Trinajstić information content (AvgIpc) is 3.27. The molecular weight excluding hydrogens is 332 g/mol. The zero-order valence-electron chi connectivity index (χ0n) is 14.6. The first-order valence-electron chi connectivity index (χ1n) is 8.54. The lowest BCUT2D eigenvalue weighted by atomic mass is 10.0. The Morgan fingerprint density at radius 1 is 1.16 bits per heavy atom. The van der Waals surface area contributed by atoms with Crippen molar-refractivity contribution in [1.29, 1.82) is 4.78 Å². The van der Waals surface area contributed by atoms with Gasteiger partial charge in [0, 0.05) is 35.7 Å². The molecule has 0 aliphatic carbocycles. The molecule has 130 valence electrons. The van der Waals surface area contributed by atoms with Gasteiger partial charge < -0.3 is 4.90 Å². The van der Waals surface area contributed by atoms with Crippen molar-refractivity contribution in [3.8, 4) is 0 Å². The highest BCUT2D eigenvalue weighted by atomic mass is 32.2. The minimum atomic E-state index is -0.451. The van der Waals surface area contributed by atoms with Gasteiger partial charge in [-0.05, 0) is 43.7 Å². The summed E-state index contributed by atoms with van der Waals surface area (Å²) in [5.41, 5.74) is 3.47. The summed E-state index contributed by atoms with van der Waals surface area (Å²) in [5, 5.41) is 4.42. The molecule has 3 aromatic rings. The minimum Gasteiger partial charge on any atom is -0.356 e. The molecule has 4 rings (SSSR count). The molecule has 6 nitrogen and oxygen atoms in total. The van der Waals surface area contributed by atoms with E-state index < -0.39 is 10.7 Å². The summed E-state index contributed by atoms with van der Waals surface area (Å²) < 4.78 is 9.74. The van der Waals surface area contributed by atoms with E-state index in [1.165, 1.54) is 24.0 Å². The molecule has 0 amide bonds. The molecule has 0 unspecified atom stereocenters. The second-order valence-electron chi connectivity index (χ2n) is 6.50. The maximum absolute atomic E-state index is 7.86. The Morgan fingerprint density at radius 3 is 2.56 bits per heavy atom. The van der Waals surface area contributed by atoms with Crippen molar-refractivity contribution in [1.82, 2.24) is 19.6 Å². The molecule has 7 heteroatoms. The quantitative estimate of drug-likeness (QED) is 0.782. The molecule has 1 N–H and O–H groups in total. The van der Waals surface area contributed by atoms with Crippen molar-refractivity contribution in [3.63, 3.8) is 0 Å². The summed E-state index contributed by atoms with van der Waals surface area (Å²) in [6, 6.07) is 8.40. The predicted octanol–water partition coefficient (Wildman–Crippen LogP) is 2.99. The van der Waals surface area contributed by atoms with Crippen LogP contribution in [-0.2, 0) is 17.1 Å². The monoisotopic (exact) mass is 354 g/mol. The number of fused-ring (bicyclic) bond motifs is 1. The lowest BCUT2D eigenvalue weighted by Gasteiger charge is -2.23. The number of anilines is 1. The molecule has 0 bridgehead atoms. The molecule has 0 spiro atoms. The van der Waals surface area contributed by atoms with Crippen LogP contribution in [0.15, 0.2) is 35.5 Å². The molecule has 25 heavy (non-hydrogen) atoms. The van der Waals surface area contributed by atoms with E-state index in [1.807, 2.05) is 10.8 Å². The van der Waals surface area contributed by atoms with Gasteiger partial charge in [0.25, 0.3) is 5.78 Å². The van der Waals surface area contributed by atoms with E-state index in [2.05, 4.69) is 51.2 Å². The van der Waals surface area contributed by atoms with Gasteiger partial charge in [-0.2, -0.15) is 14.6 Å². The lowest BCUT2D eigenvalue weighted by Crippen LogP contribution is -2.24. The summed E-state index contributed by atoms with van der Waals surface area (Å²) in [7, 11) is -0.451. The van der Waals surface area contributed by atoms with E-state index in [4.69, 9.17) is 4.78 Å². The molecule has 0 saturated carbocycles. The van der Waals surface area contributed by atoms with Crippen LogP contribution in [0.25, 0.3) is 5.78 Å². The van der Waals surface area contributed by atoms with Crippen molar-refractivity contribution in [2.45, 2.75) is 31.1 Å².